The third kappa shape index (κ3) is 6.66. The molecule has 0 aliphatic carbocycles. The van der Waals surface area contributed by atoms with Gasteiger partial charge in [0.15, 0.2) is 5.96 Å². The highest BCUT2D eigenvalue weighted by atomic mass is 16.3. The fourth-order valence-electron chi connectivity index (χ4n) is 2.55. The molecule has 5 heteroatoms. The van der Waals surface area contributed by atoms with Crippen LogP contribution in [-0.4, -0.2) is 60.8 Å². The molecule has 21 heavy (non-hydrogen) atoms. The summed E-state index contributed by atoms with van der Waals surface area (Å²) in [4.78, 5) is 7.29. The average molecular weight is 298 g/mol. The molecule has 0 saturated carbocycles. The number of rotatable bonds is 7. The summed E-state index contributed by atoms with van der Waals surface area (Å²) >= 11 is 0. The first-order valence-electron chi connectivity index (χ1n) is 8.37. The van der Waals surface area contributed by atoms with Gasteiger partial charge in [0, 0.05) is 25.2 Å². The summed E-state index contributed by atoms with van der Waals surface area (Å²) in [6.45, 7) is 13.6. The number of hydrogen-bond donors (Lipinski definition) is 3. The summed E-state index contributed by atoms with van der Waals surface area (Å²) in [6.07, 6.45) is 3.97. The van der Waals surface area contributed by atoms with Crippen molar-refractivity contribution in [1.29, 1.82) is 0 Å². The van der Waals surface area contributed by atoms with Gasteiger partial charge in [-0.2, -0.15) is 0 Å². The lowest BCUT2D eigenvalue weighted by atomic mass is 9.99. The topological polar surface area (TPSA) is 59.9 Å². The molecule has 1 unspecified atom stereocenters. The molecule has 0 aromatic carbocycles. The summed E-state index contributed by atoms with van der Waals surface area (Å²) in [5, 5.41) is 15.7. The lowest BCUT2D eigenvalue weighted by Gasteiger charge is -2.40. The Morgan fingerprint density at radius 3 is 2.48 bits per heavy atom. The van der Waals surface area contributed by atoms with Gasteiger partial charge in [0.2, 0.25) is 0 Å². The predicted molar refractivity (Wildman–Crippen MR) is 89.7 cm³/mol. The Hall–Kier alpha value is -0.810. The molecular formula is C16H34N4O. The summed E-state index contributed by atoms with van der Waals surface area (Å²) in [7, 11) is 0. The molecule has 1 atom stereocenters. The third-order valence-corrected chi connectivity index (χ3v) is 4.11. The van der Waals surface area contributed by atoms with Crippen molar-refractivity contribution in [3.05, 3.63) is 0 Å². The van der Waals surface area contributed by atoms with Crippen molar-refractivity contribution in [3.8, 4) is 0 Å². The molecule has 1 fully saturated rings. The van der Waals surface area contributed by atoms with Crippen molar-refractivity contribution in [2.24, 2.45) is 10.9 Å². The van der Waals surface area contributed by atoms with Crippen LogP contribution in [0.1, 0.15) is 47.0 Å². The minimum Gasteiger partial charge on any atom is -0.396 e. The number of guanidine groups is 1. The average Bonchev–Trinajstić information content (AvgIpc) is 2.50. The SMILES string of the molecule is CCNC(=NCC(C)(C)N1CCCCC1)NCC(C)CO. The molecule has 0 bridgehead atoms. The van der Waals surface area contributed by atoms with Gasteiger partial charge in [0.05, 0.1) is 6.54 Å². The minimum absolute atomic E-state index is 0.103. The van der Waals surface area contributed by atoms with Crippen LogP contribution in [-0.2, 0) is 0 Å². The number of aliphatic hydroxyl groups excluding tert-OH is 1. The number of nitrogens with one attached hydrogen (secondary N) is 2. The fourth-order valence-corrected chi connectivity index (χ4v) is 2.55. The zero-order valence-electron chi connectivity index (χ0n) is 14.3. The van der Waals surface area contributed by atoms with Crippen LogP contribution in [0.4, 0.5) is 0 Å². The Balaban J connectivity index is 2.54. The van der Waals surface area contributed by atoms with E-state index in [2.05, 4.69) is 36.3 Å². The van der Waals surface area contributed by atoms with E-state index in [0.29, 0.717) is 0 Å². The molecule has 0 radical (unpaired) electrons. The van der Waals surface area contributed by atoms with Crippen molar-refractivity contribution in [2.45, 2.75) is 52.5 Å². The van der Waals surface area contributed by atoms with Crippen molar-refractivity contribution >= 4 is 5.96 Å². The Labute approximate surface area is 130 Å². The quantitative estimate of drug-likeness (QED) is 0.492. The zero-order chi connectivity index (χ0) is 15.7. The van der Waals surface area contributed by atoms with Crippen LogP contribution in [0.3, 0.4) is 0 Å². The fraction of sp³-hybridized carbons (Fsp3) is 0.938. The zero-order valence-corrected chi connectivity index (χ0v) is 14.3. The van der Waals surface area contributed by atoms with Crippen molar-refractivity contribution in [3.63, 3.8) is 0 Å². The maximum absolute atomic E-state index is 9.10. The van der Waals surface area contributed by atoms with Crippen LogP contribution in [0.2, 0.25) is 0 Å². The second-order valence-corrected chi connectivity index (χ2v) is 6.72. The molecule has 5 nitrogen and oxygen atoms in total. The summed E-state index contributed by atoms with van der Waals surface area (Å²) in [6, 6.07) is 0. The van der Waals surface area contributed by atoms with Gasteiger partial charge in [0.1, 0.15) is 0 Å². The van der Waals surface area contributed by atoms with E-state index in [1.807, 2.05) is 6.92 Å². The van der Waals surface area contributed by atoms with E-state index < -0.39 is 0 Å². The van der Waals surface area contributed by atoms with Crippen LogP contribution in [0.15, 0.2) is 4.99 Å². The van der Waals surface area contributed by atoms with Crippen molar-refractivity contribution in [1.82, 2.24) is 15.5 Å². The first kappa shape index (κ1) is 18.2. The Kier molecular flexibility index (Phi) is 8.04. The van der Waals surface area contributed by atoms with Gasteiger partial charge in [0.25, 0.3) is 0 Å². The van der Waals surface area contributed by atoms with Crippen LogP contribution in [0.25, 0.3) is 0 Å². The predicted octanol–water partition coefficient (Wildman–Crippen LogP) is 1.43. The molecule has 1 rings (SSSR count). The molecule has 3 N–H and O–H groups in total. The smallest absolute Gasteiger partial charge is 0.191 e. The second kappa shape index (κ2) is 9.26. The van der Waals surface area contributed by atoms with Gasteiger partial charge in [-0.3, -0.25) is 9.89 Å². The Morgan fingerprint density at radius 1 is 1.24 bits per heavy atom. The molecule has 0 aromatic heterocycles. The molecular weight excluding hydrogens is 264 g/mol. The number of hydrogen-bond acceptors (Lipinski definition) is 3. The van der Waals surface area contributed by atoms with E-state index in [1.54, 1.807) is 0 Å². The standard InChI is InChI=1S/C16H34N4O/c1-5-17-15(18-11-14(2)12-21)19-13-16(3,4)20-9-7-6-8-10-20/h14,21H,5-13H2,1-4H3,(H2,17,18,19). The van der Waals surface area contributed by atoms with Gasteiger partial charge in [-0.25, -0.2) is 0 Å². The van der Waals surface area contributed by atoms with Gasteiger partial charge >= 0.3 is 0 Å². The van der Waals surface area contributed by atoms with Crippen LogP contribution >= 0.6 is 0 Å². The van der Waals surface area contributed by atoms with Crippen LogP contribution < -0.4 is 10.6 Å². The van der Waals surface area contributed by atoms with E-state index in [-0.39, 0.29) is 18.1 Å². The summed E-state index contributed by atoms with van der Waals surface area (Å²) in [5.41, 5.74) is 0.103. The van der Waals surface area contributed by atoms with Crippen molar-refractivity contribution in [2.75, 3.05) is 39.3 Å². The number of aliphatic imine (C=N–C) groups is 1. The van der Waals surface area contributed by atoms with Crippen LogP contribution in [0, 0.1) is 5.92 Å². The van der Waals surface area contributed by atoms with E-state index in [0.717, 1.165) is 25.6 Å². The number of nitrogens with zero attached hydrogens (tertiary/aromatic N) is 2. The molecule has 124 valence electrons. The van der Waals surface area contributed by atoms with Crippen molar-refractivity contribution < 1.29 is 5.11 Å². The first-order chi connectivity index (χ1) is 9.99. The molecule has 1 aliphatic rings. The maximum Gasteiger partial charge on any atom is 0.191 e. The highest BCUT2D eigenvalue weighted by Crippen LogP contribution is 2.20. The Morgan fingerprint density at radius 2 is 1.90 bits per heavy atom. The molecule has 0 amide bonds. The van der Waals surface area contributed by atoms with Crippen LogP contribution in [0.5, 0.6) is 0 Å². The number of likely N-dealkylation sites (tertiary alicyclic amines) is 1. The summed E-state index contributed by atoms with van der Waals surface area (Å²) < 4.78 is 0. The molecule has 1 saturated heterocycles. The first-order valence-corrected chi connectivity index (χ1v) is 8.37. The third-order valence-electron chi connectivity index (χ3n) is 4.11. The lowest BCUT2D eigenvalue weighted by molar-refractivity contribution is 0.102. The lowest BCUT2D eigenvalue weighted by Crippen LogP contribution is -2.49. The van der Waals surface area contributed by atoms with Gasteiger partial charge in [-0.1, -0.05) is 13.3 Å². The Bertz CT molecular complexity index is 311. The van der Waals surface area contributed by atoms with E-state index >= 15 is 0 Å². The highest BCUT2D eigenvalue weighted by molar-refractivity contribution is 5.79. The summed E-state index contributed by atoms with van der Waals surface area (Å²) in [5.74, 6) is 1.09. The largest absolute Gasteiger partial charge is 0.396 e. The van der Waals surface area contributed by atoms with E-state index in [1.165, 1.54) is 32.4 Å². The molecule has 0 spiro atoms. The molecule has 0 aromatic rings. The second-order valence-electron chi connectivity index (χ2n) is 6.72. The normalized spacial score (nSPS) is 19.4. The molecule has 1 aliphatic heterocycles. The number of aliphatic hydroxyl groups is 1. The van der Waals surface area contributed by atoms with E-state index in [9.17, 15) is 0 Å². The van der Waals surface area contributed by atoms with E-state index in [4.69, 9.17) is 10.1 Å². The highest BCUT2D eigenvalue weighted by Gasteiger charge is 2.27. The van der Waals surface area contributed by atoms with Gasteiger partial charge < -0.3 is 15.7 Å². The maximum atomic E-state index is 9.10. The monoisotopic (exact) mass is 298 g/mol. The molecule has 1 heterocycles. The van der Waals surface area contributed by atoms with Gasteiger partial charge in [-0.05, 0) is 52.6 Å². The minimum atomic E-state index is 0.103. The van der Waals surface area contributed by atoms with Gasteiger partial charge in [-0.15, -0.1) is 0 Å². The number of piperidine rings is 1.